The normalized spacial score (nSPS) is 16.6. The van der Waals surface area contributed by atoms with E-state index in [0.717, 1.165) is 66.0 Å². The van der Waals surface area contributed by atoms with Crippen LogP contribution in [0.25, 0.3) is 16.8 Å². The molecule has 6 nitrogen and oxygen atoms in total. The van der Waals surface area contributed by atoms with Crippen molar-refractivity contribution in [1.82, 2.24) is 9.55 Å². The van der Waals surface area contributed by atoms with Gasteiger partial charge in [-0.1, -0.05) is 62.7 Å². The van der Waals surface area contributed by atoms with Crippen LogP contribution in [0.4, 0.5) is 0 Å². The number of rotatable bonds is 9. The molecule has 1 unspecified atom stereocenters. The van der Waals surface area contributed by atoms with E-state index in [4.69, 9.17) is 9.72 Å². The molecule has 2 atom stereocenters. The minimum absolute atomic E-state index is 0.0471. The first-order valence-electron chi connectivity index (χ1n) is 14.2. The van der Waals surface area contributed by atoms with Crippen LogP contribution in [0.1, 0.15) is 67.7 Å². The van der Waals surface area contributed by atoms with E-state index in [2.05, 4.69) is 13.0 Å². The Morgan fingerprint density at radius 3 is 2.42 bits per heavy atom. The highest BCUT2D eigenvalue weighted by Gasteiger charge is 2.27. The summed E-state index contributed by atoms with van der Waals surface area (Å²) in [5.41, 5.74) is 5.79. The molecule has 4 aromatic rings. The highest BCUT2D eigenvalue weighted by atomic mass is 16.5. The molecule has 1 aliphatic carbocycles. The summed E-state index contributed by atoms with van der Waals surface area (Å²) in [7, 11) is 0. The van der Waals surface area contributed by atoms with Crippen LogP contribution in [0.2, 0.25) is 0 Å². The summed E-state index contributed by atoms with van der Waals surface area (Å²) in [4.78, 5) is 19.0. The summed E-state index contributed by atoms with van der Waals surface area (Å²) < 4.78 is 7.73. The van der Waals surface area contributed by atoms with Gasteiger partial charge in [-0.05, 0) is 72.7 Å². The average molecular weight is 534 g/mol. The van der Waals surface area contributed by atoms with Gasteiger partial charge in [-0.25, -0.2) is 4.98 Å². The number of aliphatic hydroxyl groups excluding tert-OH is 1. The van der Waals surface area contributed by atoms with E-state index in [1.807, 2.05) is 79.7 Å². The second-order valence-corrected chi connectivity index (χ2v) is 10.4. The zero-order valence-corrected chi connectivity index (χ0v) is 23.1. The van der Waals surface area contributed by atoms with Gasteiger partial charge < -0.3 is 9.84 Å². The summed E-state index contributed by atoms with van der Waals surface area (Å²) in [5.74, 6) is 1.43. The quantitative estimate of drug-likeness (QED) is 0.278. The number of ether oxygens (including phenoxy) is 1. The molecule has 1 saturated carbocycles. The van der Waals surface area contributed by atoms with Crippen molar-refractivity contribution in [3.8, 4) is 28.6 Å². The van der Waals surface area contributed by atoms with Crippen LogP contribution in [-0.2, 0) is 19.3 Å². The molecule has 1 aromatic heterocycles. The van der Waals surface area contributed by atoms with Crippen molar-refractivity contribution in [1.29, 1.82) is 5.26 Å². The Kier molecular flexibility index (Phi) is 8.42. The first-order chi connectivity index (χ1) is 19.5. The van der Waals surface area contributed by atoms with Gasteiger partial charge in [-0.2, -0.15) is 5.26 Å². The second-order valence-electron chi connectivity index (χ2n) is 10.4. The van der Waals surface area contributed by atoms with Gasteiger partial charge in [-0.3, -0.25) is 9.36 Å². The molecular formula is C34H35N3O3. The highest BCUT2D eigenvalue weighted by Crippen LogP contribution is 2.27. The molecular weight excluding hydrogens is 498 g/mol. The predicted octanol–water partition coefficient (Wildman–Crippen LogP) is 6.17. The van der Waals surface area contributed by atoms with E-state index < -0.39 is 6.10 Å². The Labute approximate surface area is 235 Å². The lowest BCUT2D eigenvalue weighted by molar-refractivity contribution is 0.0604. The maximum absolute atomic E-state index is 14.1. The third kappa shape index (κ3) is 5.71. The van der Waals surface area contributed by atoms with Gasteiger partial charge in [0.1, 0.15) is 17.7 Å². The molecule has 1 aliphatic rings. The summed E-state index contributed by atoms with van der Waals surface area (Å²) in [6.07, 6.45) is 4.72. The van der Waals surface area contributed by atoms with E-state index in [9.17, 15) is 15.2 Å². The van der Waals surface area contributed by atoms with Crippen molar-refractivity contribution >= 4 is 0 Å². The van der Waals surface area contributed by atoms with Crippen molar-refractivity contribution in [3.63, 3.8) is 0 Å². The summed E-state index contributed by atoms with van der Waals surface area (Å²) in [6, 6.07) is 25.4. The lowest BCUT2D eigenvalue weighted by Gasteiger charge is -2.19. The van der Waals surface area contributed by atoms with E-state index in [1.165, 1.54) is 0 Å². The van der Waals surface area contributed by atoms with Crippen LogP contribution < -0.4 is 10.3 Å². The fraction of sp³-hybridized carbons (Fsp3) is 0.324. The molecule has 1 fully saturated rings. The molecule has 204 valence electrons. The Morgan fingerprint density at radius 2 is 1.77 bits per heavy atom. The van der Waals surface area contributed by atoms with Gasteiger partial charge in [0.25, 0.3) is 5.56 Å². The van der Waals surface area contributed by atoms with Crippen molar-refractivity contribution in [3.05, 3.63) is 111 Å². The third-order valence-electron chi connectivity index (χ3n) is 7.63. The topological polar surface area (TPSA) is 88.1 Å². The van der Waals surface area contributed by atoms with Crippen LogP contribution in [0.3, 0.4) is 0 Å². The number of aromatic nitrogens is 2. The number of aryl methyl sites for hydroxylation is 2. The zero-order valence-electron chi connectivity index (χ0n) is 23.1. The fourth-order valence-corrected chi connectivity index (χ4v) is 5.50. The molecule has 40 heavy (non-hydrogen) atoms. The second kappa shape index (κ2) is 12.3. The number of benzene rings is 3. The molecule has 1 N–H and O–H groups in total. The third-order valence-corrected chi connectivity index (χ3v) is 7.63. The van der Waals surface area contributed by atoms with Crippen molar-refractivity contribution in [2.75, 3.05) is 0 Å². The molecule has 3 aromatic carbocycles. The largest absolute Gasteiger partial charge is 0.488 e. The monoisotopic (exact) mass is 533 g/mol. The van der Waals surface area contributed by atoms with Crippen LogP contribution in [0.5, 0.6) is 5.75 Å². The maximum atomic E-state index is 14.1. The maximum Gasteiger partial charge on any atom is 0.261 e. The highest BCUT2D eigenvalue weighted by molar-refractivity contribution is 5.70. The minimum atomic E-state index is -0.429. The Balaban J connectivity index is 1.47. The van der Waals surface area contributed by atoms with Crippen molar-refractivity contribution in [2.45, 2.75) is 71.0 Å². The fourth-order valence-electron chi connectivity index (χ4n) is 5.50. The molecule has 0 spiro atoms. The lowest BCUT2D eigenvalue weighted by Crippen LogP contribution is -2.29. The number of nitrogens with zero attached hydrogens (tertiary/aromatic N) is 3. The molecule has 5 rings (SSSR count). The first-order valence-corrected chi connectivity index (χ1v) is 14.2. The van der Waals surface area contributed by atoms with Gasteiger partial charge in [-0.15, -0.1) is 0 Å². The van der Waals surface area contributed by atoms with E-state index >= 15 is 0 Å². The Morgan fingerprint density at radius 1 is 1.02 bits per heavy atom. The summed E-state index contributed by atoms with van der Waals surface area (Å²) >= 11 is 0. The molecule has 0 aliphatic heterocycles. The van der Waals surface area contributed by atoms with Crippen LogP contribution in [-0.4, -0.2) is 26.9 Å². The smallest absolute Gasteiger partial charge is 0.261 e. The van der Waals surface area contributed by atoms with E-state index in [0.29, 0.717) is 29.7 Å². The minimum Gasteiger partial charge on any atom is -0.488 e. The Hall–Kier alpha value is -4.21. The Bertz CT molecular complexity index is 1570. The number of nitriles is 1. The standard InChI is InChI=1S/C34H35N3O3/c1-3-8-30-29(21-23-13-15-24(16-14-23)28-10-6-5-9-25(28)22-35)34(39)37(33(4-2)36-30)26-17-19-27(20-18-26)40-32-12-7-11-31(32)38/h5-6,9-10,13-20,31-32,38H,3-4,7-8,11-12,21H2,1-2H3/t31-,32?/m1/s1. The molecule has 0 amide bonds. The SMILES string of the molecule is CCCc1nc(CC)n(-c2ccc(OC3CCC[C@H]3O)cc2)c(=O)c1Cc1ccc(-c2ccccc2C#N)cc1. The summed E-state index contributed by atoms with van der Waals surface area (Å²) in [6.45, 7) is 4.12. The van der Waals surface area contributed by atoms with Gasteiger partial charge >= 0.3 is 0 Å². The molecule has 0 radical (unpaired) electrons. The lowest BCUT2D eigenvalue weighted by atomic mass is 9.97. The molecule has 0 saturated heterocycles. The van der Waals surface area contributed by atoms with Crippen molar-refractivity contribution < 1.29 is 9.84 Å². The molecule has 0 bridgehead atoms. The number of hydrogen-bond donors (Lipinski definition) is 1. The molecule has 6 heteroatoms. The average Bonchev–Trinajstić information content (AvgIpc) is 3.39. The van der Waals surface area contributed by atoms with Crippen LogP contribution >= 0.6 is 0 Å². The van der Waals surface area contributed by atoms with Crippen LogP contribution in [0.15, 0.2) is 77.6 Å². The van der Waals surface area contributed by atoms with Gasteiger partial charge in [0.2, 0.25) is 0 Å². The van der Waals surface area contributed by atoms with Gasteiger partial charge in [0, 0.05) is 18.4 Å². The van der Waals surface area contributed by atoms with Crippen LogP contribution in [0, 0.1) is 11.3 Å². The van der Waals surface area contributed by atoms with Gasteiger partial charge in [0.15, 0.2) is 0 Å². The zero-order chi connectivity index (χ0) is 28.1. The van der Waals surface area contributed by atoms with E-state index in [-0.39, 0.29) is 11.7 Å². The van der Waals surface area contributed by atoms with Gasteiger partial charge in [0.05, 0.1) is 29.1 Å². The number of aliphatic hydroxyl groups is 1. The van der Waals surface area contributed by atoms with Crippen molar-refractivity contribution in [2.24, 2.45) is 0 Å². The number of hydrogen-bond acceptors (Lipinski definition) is 5. The first kappa shape index (κ1) is 27.4. The molecule has 1 heterocycles. The summed E-state index contributed by atoms with van der Waals surface area (Å²) in [5, 5.41) is 19.6. The van der Waals surface area contributed by atoms with E-state index in [1.54, 1.807) is 4.57 Å². The predicted molar refractivity (Wildman–Crippen MR) is 157 cm³/mol.